The lowest BCUT2D eigenvalue weighted by Crippen LogP contribution is -2.08. The fourth-order valence-corrected chi connectivity index (χ4v) is 1.71. The van der Waals surface area contributed by atoms with E-state index < -0.39 is 5.97 Å². The van der Waals surface area contributed by atoms with E-state index in [0.717, 1.165) is 0 Å². The van der Waals surface area contributed by atoms with E-state index in [1.54, 1.807) is 17.8 Å². The molecule has 0 fully saturated rings. The molecule has 0 bridgehead atoms. The fourth-order valence-electron chi connectivity index (χ4n) is 1.71. The van der Waals surface area contributed by atoms with Crippen LogP contribution in [0, 0.1) is 18.3 Å². The Kier molecular flexibility index (Phi) is 4.45. The second-order valence-corrected chi connectivity index (χ2v) is 4.14. The number of nitrogens with zero attached hydrogens (tertiary/aromatic N) is 4. The molecule has 0 saturated carbocycles. The van der Waals surface area contributed by atoms with E-state index in [1.807, 2.05) is 24.3 Å². The number of carbonyl (C=O) groups is 1. The van der Waals surface area contributed by atoms with Crippen LogP contribution in [0.4, 0.5) is 0 Å². The van der Waals surface area contributed by atoms with Gasteiger partial charge in [-0.25, -0.2) is 14.5 Å². The van der Waals surface area contributed by atoms with Gasteiger partial charge in [0.1, 0.15) is 5.56 Å². The van der Waals surface area contributed by atoms with Crippen molar-refractivity contribution in [2.45, 2.75) is 19.8 Å². The molecule has 6 nitrogen and oxygen atoms in total. The molecule has 2 aromatic rings. The molecule has 2 aromatic heterocycles. The average Bonchev–Trinajstić information content (AvgIpc) is 2.86. The molecule has 2 heterocycles. The number of esters is 1. The first-order valence-electron chi connectivity index (χ1n) is 6.24. The smallest absolute Gasteiger partial charge is 0.341 e. The Morgan fingerprint density at radius 2 is 2.35 bits per heavy atom. The summed E-state index contributed by atoms with van der Waals surface area (Å²) in [5.74, 6) is 0.219. The molecule has 0 saturated heterocycles. The number of ether oxygens (including phenoxy) is 1. The Morgan fingerprint density at radius 1 is 1.50 bits per heavy atom. The Morgan fingerprint density at radius 3 is 3.05 bits per heavy atom. The van der Waals surface area contributed by atoms with E-state index in [0.29, 0.717) is 29.9 Å². The number of aromatic nitrogens is 3. The molecule has 2 rings (SSSR count). The van der Waals surface area contributed by atoms with Gasteiger partial charge in [-0.1, -0.05) is 6.07 Å². The first-order chi connectivity index (χ1) is 9.74. The van der Waals surface area contributed by atoms with Gasteiger partial charge >= 0.3 is 5.97 Å². The van der Waals surface area contributed by atoms with Gasteiger partial charge in [-0.3, -0.25) is 0 Å². The molecular formula is C14H14N4O2. The molecule has 0 aliphatic heterocycles. The Labute approximate surface area is 116 Å². The van der Waals surface area contributed by atoms with Gasteiger partial charge in [0.2, 0.25) is 0 Å². The van der Waals surface area contributed by atoms with Crippen molar-refractivity contribution in [1.82, 2.24) is 14.8 Å². The third-order valence-electron chi connectivity index (χ3n) is 2.76. The first kappa shape index (κ1) is 13.7. The monoisotopic (exact) mass is 270 g/mol. The molecule has 0 aromatic carbocycles. The molecule has 0 aliphatic carbocycles. The number of pyridine rings is 1. The molecule has 0 spiro atoms. The zero-order valence-electron chi connectivity index (χ0n) is 11.1. The highest BCUT2D eigenvalue weighted by molar-refractivity contribution is 5.90. The van der Waals surface area contributed by atoms with E-state index in [1.165, 1.54) is 6.20 Å². The zero-order valence-corrected chi connectivity index (χ0v) is 11.1. The van der Waals surface area contributed by atoms with Crippen LogP contribution in [0.5, 0.6) is 0 Å². The number of nitriles is 1. The van der Waals surface area contributed by atoms with E-state index >= 15 is 0 Å². The molecular weight excluding hydrogens is 256 g/mol. The predicted molar refractivity (Wildman–Crippen MR) is 71.2 cm³/mol. The van der Waals surface area contributed by atoms with Gasteiger partial charge in [0, 0.05) is 12.6 Å². The van der Waals surface area contributed by atoms with Crippen LogP contribution in [-0.2, 0) is 4.74 Å². The maximum Gasteiger partial charge on any atom is 0.341 e. The number of unbranched alkanes of at least 4 members (excludes halogenated alkanes) is 1. The molecule has 6 heteroatoms. The minimum Gasteiger partial charge on any atom is -0.462 e. The molecule has 102 valence electrons. The minimum atomic E-state index is -0.428. The van der Waals surface area contributed by atoms with Crippen molar-refractivity contribution in [2.75, 3.05) is 6.61 Å². The molecule has 0 aliphatic rings. The van der Waals surface area contributed by atoms with Gasteiger partial charge in [-0.15, -0.1) is 0 Å². The van der Waals surface area contributed by atoms with Crippen molar-refractivity contribution in [3.63, 3.8) is 0 Å². The third-order valence-corrected chi connectivity index (χ3v) is 2.76. The van der Waals surface area contributed by atoms with Gasteiger partial charge in [0.05, 0.1) is 24.6 Å². The molecule has 0 N–H and O–H groups in total. The van der Waals surface area contributed by atoms with Crippen molar-refractivity contribution in [1.29, 1.82) is 5.26 Å². The second-order valence-electron chi connectivity index (χ2n) is 4.14. The van der Waals surface area contributed by atoms with Crippen molar-refractivity contribution in [2.24, 2.45) is 0 Å². The maximum atomic E-state index is 11.9. The summed E-state index contributed by atoms with van der Waals surface area (Å²) in [5, 5.41) is 12.6. The number of hydrogen-bond acceptors (Lipinski definition) is 5. The molecule has 0 radical (unpaired) electrons. The lowest BCUT2D eigenvalue weighted by molar-refractivity contribution is 0.0501. The predicted octanol–water partition coefficient (Wildman–Crippen LogP) is 2.04. The highest BCUT2D eigenvalue weighted by Gasteiger charge is 2.16. The van der Waals surface area contributed by atoms with Crippen LogP contribution in [-0.4, -0.2) is 27.3 Å². The zero-order chi connectivity index (χ0) is 14.4. The highest BCUT2D eigenvalue weighted by Crippen LogP contribution is 2.13. The van der Waals surface area contributed by atoms with Gasteiger partial charge in [-0.05, 0) is 25.5 Å². The summed E-state index contributed by atoms with van der Waals surface area (Å²) < 4.78 is 6.69. The van der Waals surface area contributed by atoms with Crippen molar-refractivity contribution >= 4 is 5.97 Å². The maximum absolute atomic E-state index is 11.9. The lowest BCUT2D eigenvalue weighted by atomic mass is 10.2. The first-order valence-corrected chi connectivity index (χ1v) is 6.24. The molecule has 0 unspecified atom stereocenters. The standard InChI is InChI=1S/C14H14N4O2/c1-11-12(14(19)20-9-5-3-7-15)10-17-18(11)13-6-2-4-8-16-13/h2,4,6,8,10H,3,5,9H2,1H3. The average molecular weight is 270 g/mol. The van der Waals surface area contributed by atoms with Crippen molar-refractivity contribution in [3.05, 3.63) is 41.9 Å². The lowest BCUT2D eigenvalue weighted by Gasteiger charge is -2.04. The Bertz CT molecular complexity index is 628. The summed E-state index contributed by atoms with van der Waals surface area (Å²) in [6.07, 6.45) is 4.04. The second kappa shape index (κ2) is 6.48. The van der Waals surface area contributed by atoms with E-state index in [-0.39, 0.29) is 6.61 Å². The largest absolute Gasteiger partial charge is 0.462 e. The van der Waals surface area contributed by atoms with Gasteiger partial charge in [0.25, 0.3) is 0 Å². The fraction of sp³-hybridized carbons (Fsp3) is 0.286. The normalized spacial score (nSPS) is 10.0. The number of rotatable bonds is 5. The van der Waals surface area contributed by atoms with Crippen LogP contribution in [0.3, 0.4) is 0 Å². The summed E-state index contributed by atoms with van der Waals surface area (Å²) >= 11 is 0. The van der Waals surface area contributed by atoms with Gasteiger partial charge in [-0.2, -0.15) is 10.4 Å². The Balaban J connectivity index is 2.09. The molecule has 0 atom stereocenters. The van der Waals surface area contributed by atoms with Crippen LogP contribution in [0.25, 0.3) is 5.82 Å². The van der Waals surface area contributed by atoms with Crippen LogP contribution >= 0.6 is 0 Å². The van der Waals surface area contributed by atoms with Crippen molar-refractivity contribution in [3.8, 4) is 11.9 Å². The third kappa shape index (κ3) is 3.01. The Hall–Kier alpha value is -2.68. The quantitative estimate of drug-likeness (QED) is 0.613. The van der Waals surface area contributed by atoms with Crippen molar-refractivity contribution < 1.29 is 9.53 Å². The van der Waals surface area contributed by atoms with Crippen LogP contribution < -0.4 is 0 Å². The van der Waals surface area contributed by atoms with E-state index in [9.17, 15) is 4.79 Å². The molecule has 20 heavy (non-hydrogen) atoms. The summed E-state index contributed by atoms with van der Waals surface area (Å²) in [4.78, 5) is 16.1. The minimum absolute atomic E-state index is 0.237. The summed E-state index contributed by atoms with van der Waals surface area (Å²) in [5.41, 5.74) is 1.08. The van der Waals surface area contributed by atoms with Crippen LogP contribution in [0.1, 0.15) is 28.9 Å². The topological polar surface area (TPSA) is 80.8 Å². The highest BCUT2D eigenvalue weighted by atomic mass is 16.5. The van der Waals surface area contributed by atoms with E-state index in [2.05, 4.69) is 10.1 Å². The van der Waals surface area contributed by atoms with Crippen LogP contribution in [0.2, 0.25) is 0 Å². The van der Waals surface area contributed by atoms with Gasteiger partial charge < -0.3 is 4.74 Å². The van der Waals surface area contributed by atoms with E-state index in [4.69, 9.17) is 10.00 Å². The summed E-state index contributed by atoms with van der Waals surface area (Å²) in [6.45, 7) is 2.02. The number of carbonyl (C=O) groups excluding carboxylic acids is 1. The van der Waals surface area contributed by atoms with Crippen LogP contribution in [0.15, 0.2) is 30.6 Å². The molecule has 0 amide bonds. The van der Waals surface area contributed by atoms with Gasteiger partial charge in [0.15, 0.2) is 5.82 Å². The summed E-state index contributed by atoms with van der Waals surface area (Å²) in [7, 11) is 0. The summed E-state index contributed by atoms with van der Waals surface area (Å²) in [6, 6.07) is 7.47. The number of hydrogen-bond donors (Lipinski definition) is 0. The SMILES string of the molecule is Cc1c(C(=O)OCCCC#N)cnn1-c1ccccn1.